The zero-order chi connectivity index (χ0) is 31.2. The third-order valence-corrected chi connectivity index (χ3v) is 9.83. The highest BCUT2D eigenvalue weighted by atomic mass is 35.5. The Kier molecular flexibility index (Phi) is 16.0. The smallest absolute Gasteiger partial charge is 0.233 e. The molecule has 0 aromatic heterocycles. The van der Waals surface area contributed by atoms with Crippen molar-refractivity contribution in [3.8, 4) is 0 Å². The second-order valence-corrected chi connectivity index (χ2v) is 15.3. The molecule has 3 fully saturated rings. The third kappa shape index (κ3) is 13.9. The van der Waals surface area contributed by atoms with E-state index in [0.717, 1.165) is 96.5 Å². The molecule has 0 radical (unpaired) electrons. The summed E-state index contributed by atoms with van der Waals surface area (Å²) in [5, 5.41) is 0.00734. The summed E-state index contributed by atoms with van der Waals surface area (Å²) in [4.78, 5) is 11.8. The summed E-state index contributed by atoms with van der Waals surface area (Å²) in [7, 11) is -3.50. The molecule has 3 rings (SSSR count). The topological polar surface area (TPSA) is 100 Å². The monoisotopic (exact) mass is 645 g/mol. The number of nitrogens with one attached hydrogen (secondary N) is 1. The lowest BCUT2D eigenvalue weighted by Crippen LogP contribution is -2.32. The van der Waals surface area contributed by atoms with E-state index in [9.17, 15) is 13.2 Å². The van der Waals surface area contributed by atoms with E-state index in [1.807, 2.05) is 4.72 Å². The summed E-state index contributed by atoms with van der Waals surface area (Å²) in [6.45, 7) is 8.00. The molecular formula is C33H56ClNO7S. The van der Waals surface area contributed by atoms with Gasteiger partial charge in [-0.2, -0.15) is 0 Å². The number of allylic oxidation sites excluding steroid dienone is 2. The van der Waals surface area contributed by atoms with Gasteiger partial charge in [-0.05, 0) is 89.9 Å². The molecule has 3 aliphatic rings. The molecule has 248 valence electrons. The molecule has 1 saturated carbocycles. The molecule has 0 aromatic carbocycles. The van der Waals surface area contributed by atoms with Crippen LogP contribution in [-0.4, -0.2) is 64.0 Å². The van der Waals surface area contributed by atoms with Crippen LogP contribution in [0.3, 0.4) is 0 Å². The fourth-order valence-electron chi connectivity index (χ4n) is 6.30. The SMILES string of the molecule is CC(C)=CCC(C)[C@@H](/C=C/[C@@H]1[C@@H](CCCCCCC(=O)NS(C)(=O)=O)[C@H](Cl)C[C@H]1OC1CCCCO1)OC1CCCCO1. The van der Waals surface area contributed by atoms with E-state index in [2.05, 4.69) is 39.0 Å². The fourth-order valence-corrected chi connectivity index (χ4v) is 7.29. The lowest BCUT2D eigenvalue weighted by molar-refractivity contribution is -0.193. The number of ether oxygens (including phenoxy) is 4. The number of sulfonamides is 1. The average molecular weight is 646 g/mol. The van der Waals surface area contributed by atoms with Gasteiger partial charge in [0, 0.05) is 30.9 Å². The Hall–Kier alpha value is -0.970. The van der Waals surface area contributed by atoms with Gasteiger partial charge in [0.05, 0.1) is 18.5 Å². The molecule has 0 aromatic rings. The van der Waals surface area contributed by atoms with Gasteiger partial charge in [0.25, 0.3) is 0 Å². The first-order valence-corrected chi connectivity index (χ1v) is 18.8. The maximum absolute atomic E-state index is 11.8. The number of carbonyl (C=O) groups is 1. The molecule has 10 heteroatoms. The highest BCUT2D eigenvalue weighted by molar-refractivity contribution is 7.89. The molecular weight excluding hydrogens is 590 g/mol. The average Bonchev–Trinajstić information content (AvgIpc) is 3.24. The van der Waals surface area contributed by atoms with Gasteiger partial charge in [-0.1, -0.05) is 50.0 Å². The normalized spacial score (nSPS) is 29.8. The number of unbranched alkanes of at least 4 members (excludes halogenated alkanes) is 3. The Labute approximate surface area is 265 Å². The second kappa shape index (κ2) is 18.9. The van der Waals surface area contributed by atoms with Crippen LogP contribution in [0, 0.1) is 17.8 Å². The zero-order valence-electron chi connectivity index (χ0n) is 26.8. The molecule has 8 atom stereocenters. The van der Waals surface area contributed by atoms with E-state index in [-0.39, 0.29) is 48.4 Å². The van der Waals surface area contributed by atoms with Crippen LogP contribution in [0.4, 0.5) is 0 Å². The third-order valence-electron chi connectivity index (χ3n) is 8.73. The molecule has 3 unspecified atom stereocenters. The molecule has 43 heavy (non-hydrogen) atoms. The van der Waals surface area contributed by atoms with Crippen molar-refractivity contribution in [1.82, 2.24) is 4.72 Å². The minimum atomic E-state index is -3.50. The van der Waals surface area contributed by atoms with Crippen molar-refractivity contribution in [2.45, 2.75) is 141 Å². The first-order chi connectivity index (χ1) is 20.5. The number of halogens is 1. The van der Waals surface area contributed by atoms with Gasteiger partial charge in [-0.3, -0.25) is 9.52 Å². The Morgan fingerprint density at radius 2 is 1.70 bits per heavy atom. The molecule has 2 saturated heterocycles. The number of hydrogen-bond acceptors (Lipinski definition) is 7. The maximum Gasteiger partial charge on any atom is 0.233 e. The highest BCUT2D eigenvalue weighted by Crippen LogP contribution is 2.43. The summed E-state index contributed by atoms with van der Waals surface area (Å²) in [6.07, 6.45) is 20.1. The van der Waals surface area contributed by atoms with E-state index in [1.54, 1.807) is 0 Å². The maximum atomic E-state index is 11.8. The van der Waals surface area contributed by atoms with Crippen molar-refractivity contribution >= 4 is 27.5 Å². The Balaban J connectivity index is 1.65. The van der Waals surface area contributed by atoms with Gasteiger partial charge in [-0.25, -0.2) is 8.42 Å². The zero-order valence-corrected chi connectivity index (χ0v) is 28.4. The van der Waals surface area contributed by atoms with E-state index in [1.165, 1.54) is 5.57 Å². The molecule has 8 nitrogen and oxygen atoms in total. The molecule has 0 bridgehead atoms. The molecule has 1 N–H and O–H groups in total. The van der Waals surface area contributed by atoms with Crippen LogP contribution in [0.15, 0.2) is 23.8 Å². The second-order valence-electron chi connectivity index (χ2n) is 13.0. The quantitative estimate of drug-likeness (QED) is 0.103. The van der Waals surface area contributed by atoms with Gasteiger partial charge in [-0.15, -0.1) is 11.6 Å². The predicted octanol–water partition coefficient (Wildman–Crippen LogP) is 7.02. The van der Waals surface area contributed by atoms with Crippen LogP contribution in [0.2, 0.25) is 0 Å². The van der Waals surface area contributed by atoms with Crippen LogP contribution in [0.1, 0.15) is 111 Å². The van der Waals surface area contributed by atoms with E-state index < -0.39 is 15.9 Å². The first-order valence-electron chi connectivity index (χ1n) is 16.5. The predicted molar refractivity (Wildman–Crippen MR) is 171 cm³/mol. The Morgan fingerprint density at radius 1 is 1.02 bits per heavy atom. The molecule has 2 heterocycles. The Bertz CT molecular complexity index is 987. The summed E-state index contributed by atoms with van der Waals surface area (Å²) in [5.74, 6) is 0.273. The largest absolute Gasteiger partial charge is 0.353 e. The number of carbonyl (C=O) groups excluding carboxylic acids is 1. The molecule has 1 aliphatic carbocycles. The standard InChI is InChI=1S/C33H56ClNO7S/c1-24(2)17-18-25(3)29(41-32-15-9-11-21-39-32)20-19-27-26(13-7-5-6-8-14-31(36)35-43(4,37)38)28(34)23-30(27)42-33-16-10-12-22-40-33/h17,19-20,25-30,32-33H,5-16,18,21-23H2,1-4H3,(H,35,36)/b20-19+/t25?,26-,27-,28-,29-,30-,32?,33?/m1/s1. The minimum Gasteiger partial charge on any atom is -0.353 e. The van der Waals surface area contributed by atoms with Crippen molar-refractivity contribution in [3.05, 3.63) is 23.8 Å². The summed E-state index contributed by atoms with van der Waals surface area (Å²) in [5.41, 5.74) is 1.31. The van der Waals surface area contributed by atoms with Crippen molar-refractivity contribution in [2.24, 2.45) is 17.8 Å². The molecule has 2 aliphatic heterocycles. The summed E-state index contributed by atoms with van der Waals surface area (Å²) < 4.78 is 49.6. The number of rotatable bonds is 17. The van der Waals surface area contributed by atoms with Gasteiger partial charge in [0.1, 0.15) is 0 Å². The van der Waals surface area contributed by atoms with Gasteiger partial charge in [0.2, 0.25) is 15.9 Å². The van der Waals surface area contributed by atoms with E-state index >= 15 is 0 Å². The molecule has 1 amide bonds. The van der Waals surface area contributed by atoms with Gasteiger partial charge >= 0.3 is 0 Å². The summed E-state index contributed by atoms with van der Waals surface area (Å²) in [6, 6.07) is 0. The number of alkyl halides is 1. The summed E-state index contributed by atoms with van der Waals surface area (Å²) >= 11 is 7.02. The highest BCUT2D eigenvalue weighted by Gasteiger charge is 2.42. The van der Waals surface area contributed by atoms with E-state index in [4.69, 9.17) is 30.5 Å². The lowest BCUT2D eigenvalue weighted by Gasteiger charge is -2.31. The minimum absolute atomic E-state index is 0.00734. The Morgan fingerprint density at radius 3 is 2.33 bits per heavy atom. The van der Waals surface area contributed by atoms with Crippen LogP contribution in [0.5, 0.6) is 0 Å². The van der Waals surface area contributed by atoms with Gasteiger partial charge in [0.15, 0.2) is 12.6 Å². The molecule has 0 spiro atoms. The van der Waals surface area contributed by atoms with Crippen LogP contribution in [0.25, 0.3) is 0 Å². The van der Waals surface area contributed by atoms with Crippen LogP contribution >= 0.6 is 11.6 Å². The van der Waals surface area contributed by atoms with Crippen molar-refractivity contribution in [3.63, 3.8) is 0 Å². The van der Waals surface area contributed by atoms with E-state index in [0.29, 0.717) is 12.3 Å². The first kappa shape index (κ1) is 36.5. The fraction of sp³-hybridized carbons (Fsp3) is 0.848. The van der Waals surface area contributed by atoms with Crippen molar-refractivity contribution in [1.29, 1.82) is 0 Å². The van der Waals surface area contributed by atoms with Crippen LogP contribution in [-0.2, 0) is 33.8 Å². The number of amides is 1. The van der Waals surface area contributed by atoms with Gasteiger partial charge < -0.3 is 18.9 Å². The lowest BCUT2D eigenvalue weighted by atomic mass is 9.88. The van der Waals surface area contributed by atoms with Crippen LogP contribution < -0.4 is 4.72 Å². The van der Waals surface area contributed by atoms with Crippen molar-refractivity contribution in [2.75, 3.05) is 19.5 Å². The van der Waals surface area contributed by atoms with Crippen molar-refractivity contribution < 1.29 is 32.2 Å². The number of hydrogen-bond donors (Lipinski definition) is 1.